The van der Waals surface area contributed by atoms with Gasteiger partial charge in [0, 0.05) is 29.6 Å². The van der Waals surface area contributed by atoms with Gasteiger partial charge in [0.15, 0.2) is 0 Å². The van der Waals surface area contributed by atoms with Crippen molar-refractivity contribution in [3.63, 3.8) is 0 Å². The van der Waals surface area contributed by atoms with Gasteiger partial charge in [0.1, 0.15) is 11.7 Å². The minimum absolute atomic E-state index is 0.194. The lowest BCUT2D eigenvalue weighted by atomic mass is 10.1. The summed E-state index contributed by atoms with van der Waals surface area (Å²) in [5.41, 5.74) is 6.24. The highest BCUT2D eigenvalue weighted by Crippen LogP contribution is 2.31. The summed E-state index contributed by atoms with van der Waals surface area (Å²) in [5, 5.41) is 9.50. The van der Waals surface area contributed by atoms with E-state index in [0.717, 1.165) is 6.54 Å². The van der Waals surface area contributed by atoms with E-state index in [0.29, 0.717) is 18.2 Å². The highest BCUT2D eigenvalue weighted by molar-refractivity contribution is 7.09. The van der Waals surface area contributed by atoms with Crippen molar-refractivity contribution in [3.05, 3.63) is 57.5 Å². The molecule has 1 fully saturated rings. The van der Waals surface area contributed by atoms with Crippen LogP contribution in [0.5, 0.6) is 0 Å². The fourth-order valence-electron chi connectivity index (χ4n) is 2.49. The monoisotopic (exact) mass is 303 g/mol. The van der Waals surface area contributed by atoms with E-state index < -0.39 is 0 Å². The van der Waals surface area contributed by atoms with Crippen LogP contribution < -0.4 is 5.73 Å². The Kier molecular flexibility index (Phi) is 4.03. The van der Waals surface area contributed by atoms with E-state index in [9.17, 15) is 4.39 Å². The van der Waals surface area contributed by atoms with Gasteiger partial charge in [-0.25, -0.2) is 4.39 Å². The van der Waals surface area contributed by atoms with E-state index in [4.69, 9.17) is 11.1 Å². The second-order valence-electron chi connectivity index (χ2n) is 5.41. The molecule has 0 aliphatic heterocycles. The van der Waals surface area contributed by atoms with Crippen LogP contribution >= 0.6 is 11.3 Å². The van der Waals surface area contributed by atoms with Crippen LogP contribution in [0.4, 0.5) is 4.39 Å². The van der Waals surface area contributed by atoms with Crippen LogP contribution in [-0.2, 0) is 13.1 Å². The number of nitrogens with two attached hydrogens (primary N) is 1. The summed E-state index contributed by atoms with van der Waals surface area (Å²) >= 11 is 1.73. The molecular weight excluding hydrogens is 285 g/mol. The minimum atomic E-state index is -0.359. The van der Waals surface area contributed by atoms with E-state index in [1.54, 1.807) is 29.5 Å². The van der Waals surface area contributed by atoms with E-state index in [1.807, 2.05) is 6.07 Å². The third kappa shape index (κ3) is 3.31. The number of nitrogens with zero attached hydrogens (tertiary/aromatic N) is 1. The summed E-state index contributed by atoms with van der Waals surface area (Å²) in [4.78, 5) is 3.61. The summed E-state index contributed by atoms with van der Waals surface area (Å²) in [6.07, 6.45) is 2.36. The van der Waals surface area contributed by atoms with Gasteiger partial charge in [-0.05, 0) is 30.4 Å². The third-order valence-corrected chi connectivity index (χ3v) is 4.61. The molecule has 5 heteroatoms. The van der Waals surface area contributed by atoms with Gasteiger partial charge in [-0.1, -0.05) is 18.2 Å². The topological polar surface area (TPSA) is 53.1 Å². The fourth-order valence-corrected chi connectivity index (χ4v) is 3.21. The zero-order chi connectivity index (χ0) is 14.8. The van der Waals surface area contributed by atoms with Crippen molar-refractivity contribution in [2.24, 2.45) is 5.73 Å². The Labute approximate surface area is 127 Å². The first-order chi connectivity index (χ1) is 10.1. The molecule has 3 rings (SSSR count). The third-order valence-electron chi connectivity index (χ3n) is 3.74. The predicted octanol–water partition coefficient (Wildman–Crippen LogP) is 3.34. The molecule has 0 saturated heterocycles. The van der Waals surface area contributed by atoms with Crippen molar-refractivity contribution in [2.75, 3.05) is 0 Å². The highest BCUT2D eigenvalue weighted by Gasteiger charge is 2.30. The summed E-state index contributed by atoms with van der Waals surface area (Å²) in [7, 11) is 0. The molecule has 1 saturated carbocycles. The Morgan fingerprint density at radius 2 is 2.10 bits per heavy atom. The van der Waals surface area contributed by atoms with Crippen molar-refractivity contribution >= 4 is 17.2 Å². The van der Waals surface area contributed by atoms with Crippen molar-refractivity contribution in [1.29, 1.82) is 5.41 Å². The molecule has 110 valence electrons. The zero-order valence-electron chi connectivity index (χ0n) is 11.7. The number of nitrogen functional groups attached to an aromatic ring is 1. The Morgan fingerprint density at radius 3 is 2.71 bits per heavy atom. The number of amidine groups is 1. The summed E-state index contributed by atoms with van der Waals surface area (Å²) in [6.45, 7) is 1.42. The number of rotatable bonds is 6. The lowest BCUT2D eigenvalue weighted by molar-refractivity contribution is 0.244. The Balaban J connectivity index is 1.80. The normalized spacial score (nSPS) is 14.6. The molecule has 1 aliphatic rings. The molecule has 1 heterocycles. The molecule has 1 aromatic carbocycles. The Bertz CT molecular complexity index is 635. The predicted molar refractivity (Wildman–Crippen MR) is 84.0 cm³/mol. The molecule has 0 bridgehead atoms. The van der Waals surface area contributed by atoms with Crippen LogP contribution in [0.1, 0.15) is 28.8 Å². The van der Waals surface area contributed by atoms with Gasteiger partial charge in [0.2, 0.25) is 0 Å². The molecule has 21 heavy (non-hydrogen) atoms. The lowest BCUT2D eigenvalue weighted by Gasteiger charge is -2.22. The van der Waals surface area contributed by atoms with Crippen LogP contribution in [0.3, 0.4) is 0 Å². The van der Waals surface area contributed by atoms with E-state index in [-0.39, 0.29) is 17.2 Å². The van der Waals surface area contributed by atoms with Crippen molar-refractivity contribution < 1.29 is 4.39 Å². The van der Waals surface area contributed by atoms with Gasteiger partial charge in [-0.2, -0.15) is 0 Å². The number of nitrogens with one attached hydrogen (secondary N) is 1. The molecule has 3 nitrogen and oxygen atoms in total. The summed E-state index contributed by atoms with van der Waals surface area (Å²) in [5.74, 6) is -0.576. The van der Waals surface area contributed by atoms with Gasteiger partial charge in [-0.3, -0.25) is 10.3 Å². The Morgan fingerprint density at radius 1 is 1.29 bits per heavy atom. The molecule has 1 aromatic heterocycles. The first kappa shape index (κ1) is 14.2. The van der Waals surface area contributed by atoms with Crippen LogP contribution in [-0.4, -0.2) is 16.8 Å². The second-order valence-corrected chi connectivity index (χ2v) is 6.44. The van der Waals surface area contributed by atoms with Crippen molar-refractivity contribution in [2.45, 2.75) is 32.0 Å². The average molecular weight is 303 g/mol. The van der Waals surface area contributed by atoms with Crippen LogP contribution in [0.15, 0.2) is 35.7 Å². The van der Waals surface area contributed by atoms with Gasteiger partial charge < -0.3 is 5.73 Å². The maximum atomic E-state index is 14.4. The standard InChI is InChI=1S/C16H18FN3S/c17-15-11(3-1-5-14(15)16(18)19)9-20(12-6-7-12)10-13-4-2-8-21-13/h1-5,8,12H,6-7,9-10H2,(H3,18,19). The van der Waals surface area contributed by atoms with Gasteiger partial charge in [-0.15, -0.1) is 11.3 Å². The van der Waals surface area contributed by atoms with Crippen LogP contribution in [0, 0.1) is 11.2 Å². The maximum Gasteiger partial charge on any atom is 0.138 e. The molecule has 0 spiro atoms. The number of hydrogen-bond acceptors (Lipinski definition) is 3. The average Bonchev–Trinajstić information content (AvgIpc) is 3.18. The zero-order valence-corrected chi connectivity index (χ0v) is 12.5. The van der Waals surface area contributed by atoms with E-state index >= 15 is 0 Å². The first-order valence-corrected chi connectivity index (χ1v) is 7.91. The van der Waals surface area contributed by atoms with Crippen molar-refractivity contribution in [1.82, 2.24) is 4.90 Å². The number of hydrogen-bond donors (Lipinski definition) is 2. The maximum absolute atomic E-state index is 14.4. The van der Waals surface area contributed by atoms with Crippen LogP contribution in [0.25, 0.3) is 0 Å². The molecule has 3 N–H and O–H groups in total. The Hall–Kier alpha value is -1.72. The minimum Gasteiger partial charge on any atom is -0.384 e. The largest absolute Gasteiger partial charge is 0.384 e. The molecule has 0 unspecified atom stereocenters. The number of halogens is 1. The van der Waals surface area contributed by atoms with Crippen LogP contribution in [0.2, 0.25) is 0 Å². The molecule has 0 amide bonds. The van der Waals surface area contributed by atoms with Crippen molar-refractivity contribution in [3.8, 4) is 0 Å². The molecule has 2 aromatic rings. The molecule has 1 aliphatic carbocycles. The fraction of sp³-hybridized carbons (Fsp3) is 0.312. The smallest absolute Gasteiger partial charge is 0.138 e. The lowest BCUT2D eigenvalue weighted by Crippen LogP contribution is -2.26. The number of benzene rings is 1. The highest BCUT2D eigenvalue weighted by atomic mass is 32.1. The van der Waals surface area contributed by atoms with Gasteiger partial charge >= 0.3 is 0 Å². The number of thiophene rings is 1. The molecular formula is C16H18FN3S. The molecule has 0 atom stereocenters. The second kappa shape index (κ2) is 5.95. The summed E-state index contributed by atoms with van der Waals surface area (Å²) < 4.78 is 14.4. The van der Waals surface area contributed by atoms with Gasteiger partial charge in [0.05, 0.1) is 5.56 Å². The molecule has 0 radical (unpaired) electrons. The first-order valence-electron chi connectivity index (χ1n) is 7.03. The summed E-state index contributed by atoms with van der Waals surface area (Å²) in [6, 6.07) is 9.82. The van der Waals surface area contributed by atoms with E-state index in [2.05, 4.69) is 16.3 Å². The van der Waals surface area contributed by atoms with Gasteiger partial charge in [0.25, 0.3) is 0 Å². The quantitative estimate of drug-likeness (QED) is 0.635. The SMILES string of the molecule is N=C(N)c1cccc(CN(Cc2cccs2)C2CC2)c1F. The van der Waals surface area contributed by atoms with E-state index in [1.165, 1.54) is 17.7 Å².